The van der Waals surface area contributed by atoms with E-state index in [0.717, 1.165) is 6.07 Å². The first-order chi connectivity index (χ1) is 12.2. The fourth-order valence-corrected chi connectivity index (χ4v) is 3.13. The summed E-state index contributed by atoms with van der Waals surface area (Å²) in [5.41, 5.74) is 5.57. The third-order valence-electron chi connectivity index (χ3n) is 3.12. The normalized spacial score (nSPS) is 12.2. The Kier molecular flexibility index (Phi) is 8.34. The maximum atomic E-state index is 12.4. The van der Waals surface area contributed by atoms with Crippen LogP contribution < -0.4 is 15.8 Å². The highest BCUT2D eigenvalue weighted by atomic mass is 127. The Morgan fingerprint density at radius 3 is 2.30 bits per heavy atom. The molecule has 27 heavy (non-hydrogen) atoms. The van der Waals surface area contributed by atoms with Gasteiger partial charge in [-0.25, -0.2) is 8.42 Å². The van der Waals surface area contributed by atoms with E-state index in [4.69, 9.17) is 5.73 Å². The van der Waals surface area contributed by atoms with Crippen molar-refractivity contribution in [2.24, 2.45) is 10.7 Å². The predicted octanol–water partition coefficient (Wildman–Crippen LogP) is 3.40. The lowest BCUT2D eigenvalue weighted by atomic mass is 10.3. The molecule has 0 saturated heterocycles. The molecule has 2 aromatic carbocycles. The monoisotopic (exact) mass is 515 g/mol. The lowest BCUT2D eigenvalue weighted by molar-refractivity contribution is -0.274. The highest BCUT2D eigenvalue weighted by molar-refractivity contribution is 14.0. The fraction of sp³-hybridized carbons (Fsp3) is 0.188. The van der Waals surface area contributed by atoms with Crippen molar-refractivity contribution in [3.05, 3.63) is 54.6 Å². The molecule has 0 heterocycles. The first kappa shape index (κ1) is 23.0. The number of guanidine groups is 1. The highest BCUT2D eigenvalue weighted by Crippen LogP contribution is 2.29. The maximum Gasteiger partial charge on any atom is 0.573 e. The summed E-state index contributed by atoms with van der Waals surface area (Å²) < 4.78 is 65.2. The summed E-state index contributed by atoms with van der Waals surface area (Å²) in [6.07, 6.45) is -4.85. The quantitative estimate of drug-likeness (QED) is 0.350. The average Bonchev–Trinajstić information content (AvgIpc) is 2.56. The minimum atomic E-state index is -4.85. The van der Waals surface area contributed by atoms with Crippen LogP contribution in [0.15, 0.2) is 64.5 Å². The molecule has 0 fully saturated rings. The number of anilines is 1. The molecule has 0 amide bonds. The number of nitrogens with zero attached hydrogens (tertiary/aromatic N) is 1. The number of sulfone groups is 1. The fourth-order valence-electron chi connectivity index (χ4n) is 1.99. The number of halogens is 4. The second-order valence-corrected chi connectivity index (χ2v) is 7.18. The van der Waals surface area contributed by atoms with Gasteiger partial charge in [-0.15, -0.1) is 37.1 Å². The van der Waals surface area contributed by atoms with E-state index < -0.39 is 21.9 Å². The van der Waals surface area contributed by atoms with Crippen molar-refractivity contribution in [3.8, 4) is 5.75 Å². The van der Waals surface area contributed by atoms with Gasteiger partial charge >= 0.3 is 6.36 Å². The number of hydrogen-bond acceptors (Lipinski definition) is 4. The van der Waals surface area contributed by atoms with Crippen LogP contribution >= 0.6 is 24.0 Å². The number of aliphatic imine (C=N–C) groups is 1. The van der Waals surface area contributed by atoms with Gasteiger partial charge in [0.25, 0.3) is 0 Å². The zero-order valence-electron chi connectivity index (χ0n) is 13.8. The van der Waals surface area contributed by atoms with Crippen LogP contribution in [0.25, 0.3) is 0 Å². The zero-order valence-corrected chi connectivity index (χ0v) is 17.0. The second-order valence-electron chi connectivity index (χ2n) is 5.07. The van der Waals surface area contributed by atoms with Gasteiger partial charge in [-0.2, -0.15) is 0 Å². The molecule has 6 nitrogen and oxygen atoms in total. The minimum Gasteiger partial charge on any atom is -0.404 e. The Labute approximate surface area is 171 Å². The molecule has 0 bridgehead atoms. The molecular formula is C16H17F3IN3O3S. The van der Waals surface area contributed by atoms with Gasteiger partial charge in [0.05, 0.1) is 22.9 Å². The molecule has 0 unspecified atom stereocenters. The Hall–Kier alpha value is -2.02. The number of alkyl halides is 3. The zero-order chi connectivity index (χ0) is 19.2. The Morgan fingerprint density at radius 1 is 1.07 bits per heavy atom. The van der Waals surface area contributed by atoms with Gasteiger partial charge in [-0.05, 0) is 24.3 Å². The molecule has 0 aliphatic heterocycles. The van der Waals surface area contributed by atoms with E-state index in [-0.39, 0.29) is 52.8 Å². The van der Waals surface area contributed by atoms with E-state index in [9.17, 15) is 21.6 Å². The molecule has 0 radical (unpaired) electrons. The molecule has 0 aromatic heterocycles. The predicted molar refractivity (Wildman–Crippen MR) is 107 cm³/mol. The summed E-state index contributed by atoms with van der Waals surface area (Å²) in [6.45, 7) is -0.154. The van der Waals surface area contributed by atoms with Crippen molar-refractivity contribution < 1.29 is 26.3 Å². The van der Waals surface area contributed by atoms with Crippen molar-refractivity contribution in [1.82, 2.24) is 0 Å². The molecular weight excluding hydrogens is 498 g/mol. The van der Waals surface area contributed by atoms with E-state index in [1.165, 1.54) is 30.3 Å². The van der Waals surface area contributed by atoms with Gasteiger partial charge in [0, 0.05) is 0 Å². The third kappa shape index (κ3) is 7.62. The topological polar surface area (TPSA) is 93.8 Å². The number of para-hydroxylation sites is 2. The smallest absolute Gasteiger partial charge is 0.404 e. The van der Waals surface area contributed by atoms with Gasteiger partial charge in [-0.1, -0.05) is 30.3 Å². The van der Waals surface area contributed by atoms with E-state index >= 15 is 0 Å². The molecule has 3 N–H and O–H groups in total. The lowest BCUT2D eigenvalue weighted by Crippen LogP contribution is -2.25. The van der Waals surface area contributed by atoms with Crippen LogP contribution in [0.5, 0.6) is 5.75 Å². The number of benzene rings is 2. The largest absolute Gasteiger partial charge is 0.573 e. The molecule has 0 atom stereocenters. The van der Waals surface area contributed by atoms with Gasteiger partial charge in [0.2, 0.25) is 0 Å². The Bertz CT molecular complexity index is 875. The van der Waals surface area contributed by atoms with E-state index in [1.54, 1.807) is 18.2 Å². The second kappa shape index (κ2) is 9.78. The van der Waals surface area contributed by atoms with Crippen molar-refractivity contribution >= 4 is 45.5 Å². The SMILES string of the molecule is I.NC(=NCCS(=O)(=O)c1ccccc1)Nc1ccccc1OC(F)(F)F. The number of nitrogens with two attached hydrogens (primary N) is 1. The summed E-state index contributed by atoms with van der Waals surface area (Å²) in [7, 11) is -3.52. The van der Waals surface area contributed by atoms with E-state index in [1.807, 2.05) is 0 Å². The average molecular weight is 515 g/mol. The number of hydrogen-bond donors (Lipinski definition) is 2. The molecule has 148 valence electrons. The summed E-state index contributed by atoms with van der Waals surface area (Å²) >= 11 is 0. The highest BCUT2D eigenvalue weighted by Gasteiger charge is 2.32. The summed E-state index contributed by atoms with van der Waals surface area (Å²) in [4.78, 5) is 3.99. The van der Waals surface area contributed by atoms with Crippen LogP contribution in [-0.4, -0.2) is 33.0 Å². The van der Waals surface area contributed by atoms with Crippen LogP contribution in [0.1, 0.15) is 0 Å². The summed E-state index contributed by atoms with van der Waals surface area (Å²) in [6, 6.07) is 13.1. The van der Waals surface area contributed by atoms with Crippen LogP contribution in [-0.2, 0) is 9.84 Å². The molecule has 0 aliphatic rings. The van der Waals surface area contributed by atoms with Crippen LogP contribution in [0.2, 0.25) is 0 Å². The Balaban J connectivity index is 0.00000364. The first-order valence-electron chi connectivity index (χ1n) is 7.37. The van der Waals surface area contributed by atoms with Crippen LogP contribution in [0, 0.1) is 0 Å². The van der Waals surface area contributed by atoms with Crippen molar-refractivity contribution in [2.45, 2.75) is 11.3 Å². The van der Waals surface area contributed by atoms with E-state index in [2.05, 4.69) is 15.0 Å². The summed E-state index contributed by atoms with van der Waals surface area (Å²) in [5, 5.41) is 2.47. The lowest BCUT2D eigenvalue weighted by Gasteiger charge is -2.14. The molecule has 0 spiro atoms. The summed E-state index contributed by atoms with van der Waals surface area (Å²) in [5.74, 6) is -0.998. The molecule has 0 saturated carbocycles. The van der Waals surface area contributed by atoms with Crippen LogP contribution in [0.3, 0.4) is 0 Å². The minimum absolute atomic E-state index is 0. The molecule has 0 aliphatic carbocycles. The van der Waals surface area contributed by atoms with Crippen molar-refractivity contribution in [2.75, 3.05) is 17.6 Å². The molecule has 11 heteroatoms. The van der Waals surface area contributed by atoms with Crippen molar-refractivity contribution in [3.63, 3.8) is 0 Å². The van der Waals surface area contributed by atoms with Gasteiger partial charge in [0.1, 0.15) is 0 Å². The van der Waals surface area contributed by atoms with E-state index in [0.29, 0.717) is 0 Å². The third-order valence-corrected chi connectivity index (χ3v) is 4.83. The number of ether oxygens (including phenoxy) is 1. The number of nitrogens with one attached hydrogen (secondary N) is 1. The molecule has 2 rings (SSSR count). The van der Waals surface area contributed by atoms with Gasteiger partial charge in [0.15, 0.2) is 21.5 Å². The standard InChI is InChI=1S/C16H16F3N3O3S.HI/c17-16(18,19)25-14-9-5-4-8-13(14)22-15(20)21-10-11-26(23,24)12-6-2-1-3-7-12;/h1-9H,10-11H2,(H3,20,21,22);1H. The Morgan fingerprint density at radius 2 is 1.67 bits per heavy atom. The van der Waals surface area contributed by atoms with Crippen LogP contribution in [0.4, 0.5) is 18.9 Å². The molecule has 2 aromatic rings. The first-order valence-corrected chi connectivity index (χ1v) is 9.02. The maximum absolute atomic E-state index is 12.4. The number of rotatable bonds is 6. The van der Waals surface area contributed by atoms with Gasteiger partial charge in [-0.3, -0.25) is 4.99 Å². The van der Waals surface area contributed by atoms with Crippen molar-refractivity contribution in [1.29, 1.82) is 0 Å². The van der Waals surface area contributed by atoms with Gasteiger partial charge < -0.3 is 15.8 Å².